The second-order valence-electron chi connectivity index (χ2n) is 3.06. The van der Waals surface area contributed by atoms with Gasteiger partial charge in [-0.15, -0.1) is 0 Å². The van der Waals surface area contributed by atoms with E-state index in [9.17, 15) is 8.42 Å². The van der Waals surface area contributed by atoms with Crippen molar-refractivity contribution in [2.24, 2.45) is 0 Å². The highest BCUT2D eigenvalue weighted by atomic mass is 79.9. The summed E-state index contributed by atoms with van der Waals surface area (Å²) in [6, 6.07) is 6.57. The number of aliphatic hydroxyl groups is 1. The molecule has 14 heavy (non-hydrogen) atoms. The molecular formula is C9H11BrO3S. The second kappa shape index (κ2) is 4.42. The number of hydrogen-bond donors (Lipinski definition) is 1. The number of hydrogen-bond acceptors (Lipinski definition) is 3. The summed E-state index contributed by atoms with van der Waals surface area (Å²) in [7, 11) is -3.39. The first-order chi connectivity index (χ1) is 6.43. The lowest BCUT2D eigenvalue weighted by Gasteiger charge is -2.07. The van der Waals surface area contributed by atoms with Gasteiger partial charge in [0.1, 0.15) is 0 Å². The Hall–Kier alpha value is -0.390. The standard InChI is InChI=1S/C9H11BrO3S/c1-7(11)6-14(12,13)9-5-3-2-4-8(9)10/h2-5,7,11H,6H2,1H3. The minimum absolute atomic E-state index is 0.223. The largest absolute Gasteiger partial charge is 0.392 e. The van der Waals surface area contributed by atoms with Gasteiger partial charge in [0.2, 0.25) is 0 Å². The molecule has 78 valence electrons. The van der Waals surface area contributed by atoms with Crippen LogP contribution in [0, 0.1) is 0 Å². The molecule has 0 amide bonds. The molecule has 1 rings (SSSR count). The van der Waals surface area contributed by atoms with Gasteiger partial charge in [-0.2, -0.15) is 0 Å². The van der Waals surface area contributed by atoms with E-state index in [1.54, 1.807) is 18.2 Å². The third-order valence-electron chi connectivity index (χ3n) is 1.63. The molecule has 0 aromatic heterocycles. The van der Waals surface area contributed by atoms with Crippen LogP contribution in [-0.4, -0.2) is 25.4 Å². The molecule has 0 radical (unpaired) electrons. The van der Waals surface area contributed by atoms with Gasteiger partial charge in [0.15, 0.2) is 9.84 Å². The monoisotopic (exact) mass is 278 g/mol. The number of benzene rings is 1. The topological polar surface area (TPSA) is 54.4 Å². The van der Waals surface area contributed by atoms with Gasteiger partial charge in [-0.25, -0.2) is 8.42 Å². The molecule has 3 nitrogen and oxygen atoms in total. The zero-order valence-electron chi connectivity index (χ0n) is 7.64. The van der Waals surface area contributed by atoms with Crippen molar-refractivity contribution in [2.75, 3.05) is 5.75 Å². The van der Waals surface area contributed by atoms with Gasteiger partial charge in [0.05, 0.1) is 16.8 Å². The molecule has 0 heterocycles. The fourth-order valence-corrected chi connectivity index (χ4v) is 3.59. The first kappa shape index (κ1) is 11.7. The van der Waals surface area contributed by atoms with E-state index in [-0.39, 0.29) is 10.6 Å². The first-order valence-electron chi connectivity index (χ1n) is 4.09. The molecule has 0 bridgehead atoms. The van der Waals surface area contributed by atoms with E-state index in [0.717, 1.165) is 0 Å². The Kier molecular flexibility index (Phi) is 3.69. The molecule has 1 atom stereocenters. The zero-order chi connectivity index (χ0) is 10.8. The average Bonchev–Trinajstić information content (AvgIpc) is 2.02. The summed E-state index contributed by atoms with van der Waals surface area (Å²) >= 11 is 3.16. The summed E-state index contributed by atoms with van der Waals surface area (Å²) in [5.74, 6) is -0.254. The maximum atomic E-state index is 11.7. The number of aliphatic hydroxyl groups excluding tert-OH is 1. The molecule has 0 aliphatic rings. The minimum Gasteiger partial charge on any atom is -0.392 e. The molecule has 1 unspecified atom stereocenters. The lowest BCUT2D eigenvalue weighted by molar-refractivity contribution is 0.218. The summed E-state index contributed by atoms with van der Waals surface area (Å²) in [6.45, 7) is 1.45. The molecule has 5 heteroatoms. The van der Waals surface area contributed by atoms with Crippen LogP contribution in [-0.2, 0) is 9.84 Å². The second-order valence-corrected chi connectivity index (χ2v) is 5.92. The molecule has 1 N–H and O–H groups in total. The minimum atomic E-state index is -3.39. The van der Waals surface area contributed by atoms with Gasteiger partial charge in [0, 0.05) is 4.47 Å². The summed E-state index contributed by atoms with van der Waals surface area (Å²) in [5.41, 5.74) is 0. The van der Waals surface area contributed by atoms with E-state index in [2.05, 4.69) is 15.9 Å². The molecule has 0 saturated heterocycles. The van der Waals surface area contributed by atoms with Crippen LogP contribution in [0.5, 0.6) is 0 Å². The van der Waals surface area contributed by atoms with Crippen LogP contribution >= 0.6 is 15.9 Å². The fourth-order valence-electron chi connectivity index (χ4n) is 1.10. The van der Waals surface area contributed by atoms with Gasteiger partial charge in [-0.1, -0.05) is 12.1 Å². The van der Waals surface area contributed by atoms with Crippen LogP contribution in [0.3, 0.4) is 0 Å². The molecular weight excluding hydrogens is 268 g/mol. The molecule has 0 aliphatic carbocycles. The lowest BCUT2D eigenvalue weighted by atomic mass is 10.4. The van der Waals surface area contributed by atoms with Crippen molar-refractivity contribution in [1.82, 2.24) is 0 Å². The molecule has 0 spiro atoms. The van der Waals surface area contributed by atoms with Gasteiger partial charge < -0.3 is 5.11 Å². The van der Waals surface area contributed by atoms with Gasteiger partial charge in [-0.3, -0.25) is 0 Å². The quantitative estimate of drug-likeness (QED) is 0.914. The maximum absolute atomic E-state index is 11.7. The zero-order valence-corrected chi connectivity index (χ0v) is 10.0. The van der Waals surface area contributed by atoms with Crippen LogP contribution in [0.2, 0.25) is 0 Å². The van der Waals surface area contributed by atoms with E-state index in [1.165, 1.54) is 13.0 Å². The Balaban J connectivity index is 3.11. The highest BCUT2D eigenvalue weighted by Crippen LogP contribution is 2.22. The summed E-state index contributed by atoms with van der Waals surface area (Å²) in [5, 5.41) is 9.05. The Labute approximate surface area is 91.8 Å². The lowest BCUT2D eigenvalue weighted by Crippen LogP contribution is -2.18. The predicted molar refractivity (Wildman–Crippen MR) is 57.9 cm³/mol. The van der Waals surface area contributed by atoms with Gasteiger partial charge >= 0.3 is 0 Å². The smallest absolute Gasteiger partial charge is 0.182 e. The highest BCUT2D eigenvalue weighted by Gasteiger charge is 2.19. The number of rotatable bonds is 3. The molecule has 1 aromatic carbocycles. The van der Waals surface area contributed by atoms with Crippen molar-refractivity contribution < 1.29 is 13.5 Å². The van der Waals surface area contributed by atoms with Crippen LogP contribution in [0.1, 0.15) is 6.92 Å². The molecule has 0 aliphatic heterocycles. The van der Waals surface area contributed by atoms with Crippen molar-refractivity contribution in [3.8, 4) is 0 Å². The third kappa shape index (κ3) is 2.80. The summed E-state index contributed by atoms with van der Waals surface area (Å²) in [4.78, 5) is 0.223. The maximum Gasteiger partial charge on any atom is 0.182 e. The van der Waals surface area contributed by atoms with E-state index in [1.807, 2.05) is 0 Å². The molecule has 0 saturated carbocycles. The fraction of sp³-hybridized carbons (Fsp3) is 0.333. The van der Waals surface area contributed by atoms with E-state index < -0.39 is 15.9 Å². The van der Waals surface area contributed by atoms with E-state index in [4.69, 9.17) is 5.11 Å². The average molecular weight is 279 g/mol. The van der Waals surface area contributed by atoms with Gasteiger partial charge in [-0.05, 0) is 35.0 Å². The van der Waals surface area contributed by atoms with Crippen molar-refractivity contribution in [3.05, 3.63) is 28.7 Å². The van der Waals surface area contributed by atoms with Crippen LogP contribution < -0.4 is 0 Å². The SMILES string of the molecule is CC(O)CS(=O)(=O)c1ccccc1Br. The van der Waals surface area contributed by atoms with Crippen LogP contribution in [0.15, 0.2) is 33.6 Å². The summed E-state index contributed by atoms with van der Waals surface area (Å²) < 4.78 is 23.9. The number of sulfone groups is 1. The van der Waals surface area contributed by atoms with Crippen LogP contribution in [0.4, 0.5) is 0 Å². The van der Waals surface area contributed by atoms with Crippen molar-refractivity contribution in [3.63, 3.8) is 0 Å². The predicted octanol–water partition coefficient (Wildman–Crippen LogP) is 1.60. The Morgan fingerprint density at radius 2 is 2.00 bits per heavy atom. The van der Waals surface area contributed by atoms with E-state index in [0.29, 0.717) is 4.47 Å². The highest BCUT2D eigenvalue weighted by molar-refractivity contribution is 9.10. The van der Waals surface area contributed by atoms with Crippen molar-refractivity contribution >= 4 is 25.8 Å². The third-order valence-corrected chi connectivity index (χ3v) is 4.53. The Morgan fingerprint density at radius 1 is 1.43 bits per heavy atom. The molecule has 0 fully saturated rings. The van der Waals surface area contributed by atoms with Crippen molar-refractivity contribution in [2.45, 2.75) is 17.9 Å². The normalized spacial score (nSPS) is 13.9. The van der Waals surface area contributed by atoms with Gasteiger partial charge in [0.25, 0.3) is 0 Å². The van der Waals surface area contributed by atoms with Crippen molar-refractivity contribution in [1.29, 1.82) is 0 Å². The van der Waals surface area contributed by atoms with Crippen LogP contribution in [0.25, 0.3) is 0 Å². The molecule has 1 aromatic rings. The van der Waals surface area contributed by atoms with E-state index >= 15 is 0 Å². The Morgan fingerprint density at radius 3 is 2.50 bits per heavy atom. The first-order valence-corrected chi connectivity index (χ1v) is 6.53. The summed E-state index contributed by atoms with van der Waals surface area (Å²) in [6.07, 6.45) is -0.855. The Bertz CT molecular complexity index is 412. The number of halogens is 1.